The number of aromatic nitrogens is 2. The summed E-state index contributed by atoms with van der Waals surface area (Å²) in [7, 11) is 0. The molecule has 3 N–H and O–H groups in total. The monoisotopic (exact) mass is 359 g/mol. The van der Waals surface area contributed by atoms with Crippen LogP contribution in [0, 0.1) is 6.92 Å². The molecular formula is C22H25N5. The third-order valence-electron chi connectivity index (χ3n) is 5.02. The summed E-state index contributed by atoms with van der Waals surface area (Å²) in [5.74, 6) is 0.288. The standard InChI is InChI=1S/C22H25N5/c1-14-7-5-6-8-17(14)20-26-18-11-15(16-12-24-21(23)25-13-16)9-10-19(18)27(20)22(2,3)4/h5-13,20,26H,1-4H3,(H2,23,24,25). The van der Waals surface area contributed by atoms with Crippen molar-refractivity contribution >= 4 is 17.3 Å². The van der Waals surface area contributed by atoms with E-state index in [1.165, 1.54) is 16.8 Å². The van der Waals surface area contributed by atoms with E-state index in [-0.39, 0.29) is 17.7 Å². The van der Waals surface area contributed by atoms with E-state index < -0.39 is 0 Å². The normalized spacial score (nSPS) is 16.1. The van der Waals surface area contributed by atoms with Crippen LogP contribution in [0.5, 0.6) is 0 Å². The Morgan fingerprint density at radius 3 is 2.37 bits per heavy atom. The molecule has 4 rings (SSSR count). The second kappa shape index (κ2) is 6.27. The first-order valence-corrected chi connectivity index (χ1v) is 9.18. The van der Waals surface area contributed by atoms with Gasteiger partial charge >= 0.3 is 0 Å². The van der Waals surface area contributed by atoms with Crippen LogP contribution in [0.1, 0.15) is 38.1 Å². The van der Waals surface area contributed by atoms with Crippen LogP contribution in [-0.2, 0) is 0 Å². The maximum Gasteiger partial charge on any atom is 0.219 e. The number of benzene rings is 2. The number of nitrogens with one attached hydrogen (secondary N) is 1. The van der Waals surface area contributed by atoms with E-state index in [2.05, 4.69) is 90.3 Å². The molecule has 0 radical (unpaired) electrons. The molecule has 27 heavy (non-hydrogen) atoms. The van der Waals surface area contributed by atoms with Crippen molar-refractivity contribution in [3.8, 4) is 11.1 Å². The molecule has 1 aliphatic heterocycles. The smallest absolute Gasteiger partial charge is 0.219 e. The molecule has 0 bridgehead atoms. The molecule has 2 heterocycles. The second-order valence-corrected chi connectivity index (χ2v) is 8.01. The Bertz CT molecular complexity index is 973. The Balaban J connectivity index is 1.79. The van der Waals surface area contributed by atoms with Crippen molar-refractivity contribution < 1.29 is 0 Å². The van der Waals surface area contributed by atoms with Crippen LogP contribution < -0.4 is 16.0 Å². The van der Waals surface area contributed by atoms with Crippen LogP contribution in [0.3, 0.4) is 0 Å². The predicted molar refractivity (Wildman–Crippen MR) is 112 cm³/mol. The molecule has 0 aliphatic carbocycles. The molecule has 1 unspecified atom stereocenters. The Hall–Kier alpha value is -3.08. The third-order valence-corrected chi connectivity index (χ3v) is 5.02. The molecule has 0 fully saturated rings. The minimum Gasteiger partial charge on any atom is -0.368 e. The highest BCUT2D eigenvalue weighted by molar-refractivity contribution is 5.83. The van der Waals surface area contributed by atoms with Gasteiger partial charge in [0.1, 0.15) is 6.17 Å². The molecule has 5 heteroatoms. The zero-order chi connectivity index (χ0) is 19.2. The van der Waals surface area contributed by atoms with E-state index >= 15 is 0 Å². The van der Waals surface area contributed by atoms with Crippen LogP contribution in [0.4, 0.5) is 17.3 Å². The number of nitrogen functional groups attached to an aromatic ring is 1. The van der Waals surface area contributed by atoms with Crippen LogP contribution in [0.15, 0.2) is 54.9 Å². The van der Waals surface area contributed by atoms with Gasteiger partial charge in [-0.2, -0.15) is 0 Å². The number of fused-ring (bicyclic) bond motifs is 1. The Kier molecular flexibility index (Phi) is 4.02. The van der Waals surface area contributed by atoms with Crippen LogP contribution >= 0.6 is 0 Å². The molecule has 2 aromatic carbocycles. The summed E-state index contributed by atoms with van der Waals surface area (Å²) in [4.78, 5) is 10.7. The summed E-state index contributed by atoms with van der Waals surface area (Å²) < 4.78 is 0. The predicted octanol–water partition coefficient (Wildman–Crippen LogP) is 4.76. The minimum absolute atomic E-state index is 0.0307. The summed E-state index contributed by atoms with van der Waals surface area (Å²) in [6.07, 6.45) is 3.62. The zero-order valence-corrected chi connectivity index (χ0v) is 16.2. The van der Waals surface area contributed by atoms with Gasteiger partial charge in [0, 0.05) is 23.5 Å². The Morgan fingerprint density at radius 1 is 1.00 bits per heavy atom. The van der Waals surface area contributed by atoms with Gasteiger partial charge in [0.2, 0.25) is 5.95 Å². The zero-order valence-electron chi connectivity index (χ0n) is 16.2. The van der Waals surface area contributed by atoms with Gasteiger partial charge in [-0.1, -0.05) is 30.3 Å². The first-order valence-electron chi connectivity index (χ1n) is 9.18. The Morgan fingerprint density at radius 2 is 1.70 bits per heavy atom. The van der Waals surface area contributed by atoms with Gasteiger partial charge in [-0.25, -0.2) is 9.97 Å². The average Bonchev–Trinajstić information content (AvgIpc) is 3.01. The van der Waals surface area contributed by atoms with Crippen LogP contribution in [0.2, 0.25) is 0 Å². The van der Waals surface area contributed by atoms with Crippen molar-refractivity contribution in [2.75, 3.05) is 16.0 Å². The van der Waals surface area contributed by atoms with Crippen molar-refractivity contribution in [1.29, 1.82) is 0 Å². The summed E-state index contributed by atoms with van der Waals surface area (Å²) in [5.41, 5.74) is 12.5. The molecule has 1 atom stereocenters. The fourth-order valence-corrected chi connectivity index (χ4v) is 3.74. The number of rotatable bonds is 2. The molecule has 1 aromatic heterocycles. The fourth-order valence-electron chi connectivity index (χ4n) is 3.74. The SMILES string of the molecule is Cc1ccccc1C1Nc2cc(-c3cnc(N)nc3)ccc2N1C(C)(C)C. The van der Waals surface area contributed by atoms with Crippen LogP contribution in [0.25, 0.3) is 11.1 Å². The van der Waals surface area contributed by atoms with Gasteiger partial charge in [-0.3, -0.25) is 0 Å². The molecule has 0 saturated carbocycles. The molecule has 138 valence electrons. The van der Waals surface area contributed by atoms with E-state index in [9.17, 15) is 0 Å². The number of hydrogen-bond donors (Lipinski definition) is 2. The van der Waals surface area contributed by atoms with Gasteiger partial charge in [-0.05, 0) is 56.5 Å². The van der Waals surface area contributed by atoms with Crippen molar-refractivity contribution in [3.05, 3.63) is 66.0 Å². The third kappa shape index (κ3) is 3.10. The molecule has 3 aromatic rings. The van der Waals surface area contributed by atoms with Crippen molar-refractivity contribution in [1.82, 2.24) is 9.97 Å². The number of nitrogens with two attached hydrogens (primary N) is 1. The van der Waals surface area contributed by atoms with Crippen molar-refractivity contribution in [3.63, 3.8) is 0 Å². The van der Waals surface area contributed by atoms with E-state index in [0.29, 0.717) is 0 Å². The number of anilines is 3. The summed E-state index contributed by atoms with van der Waals surface area (Å²) in [5, 5.41) is 3.73. The molecule has 0 amide bonds. The molecule has 1 aliphatic rings. The number of aryl methyl sites for hydroxylation is 1. The lowest BCUT2D eigenvalue weighted by atomic mass is 9.99. The second-order valence-electron chi connectivity index (χ2n) is 8.01. The maximum atomic E-state index is 5.62. The fraction of sp³-hybridized carbons (Fsp3) is 0.273. The first-order chi connectivity index (χ1) is 12.8. The lowest BCUT2D eigenvalue weighted by Crippen LogP contribution is -2.43. The van der Waals surface area contributed by atoms with Gasteiger partial charge < -0.3 is 16.0 Å². The van der Waals surface area contributed by atoms with Gasteiger partial charge in [0.05, 0.1) is 11.4 Å². The van der Waals surface area contributed by atoms with Gasteiger partial charge in [-0.15, -0.1) is 0 Å². The molecule has 5 nitrogen and oxygen atoms in total. The minimum atomic E-state index is -0.0307. The highest BCUT2D eigenvalue weighted by atomic mass is 15.4. The molecule has 0 spiro atoms. The van der Waals surface area contributed by atoms with E-state index in [0.717, 1.165) is 16.8 Å². The highest BCUT2D eigenvalue weighted by Crippen LogP contribution is 2.47. The molecule has 0 saturated heterocycles. The summed E-state index contributed by atoms with van der Waals surface area (Å²) >= 11 is 0. The van der Waals surface area contributed by atoms with Gasteiger partial charge in [0.15, 0.2) is 0 Å². The lowest BCUT2D eigenvalue weighted by Gasteiger charge is -2.39. The number of hydrogen-bond acceptors (Lipinski definition) is 5. The van der Waals surface area contributed by atoms with E-state index in [4.69, 9.17) is 5.73 Å². The van der Waals surface area contributed by atoms with Gasteiger partial charge in [0.25, 0.3) is 0 Å². The van der Waals surface area contributed by atoms with E-state index in [1.807, 2.05) is 0 Å². The molecular weight excluding hydrogens is 334 g/mol. The van der Waals surface area contributed by atoms with Crippen LogP contribution in [-0.4, -0.2) is 15.5 Å². The van der Waals surface area contributed by atoms with Crippen molar-refractivity contribution in [2.45, 2.75) is 39.4 Å². The average molecular weight is 359 g/mol. The topological polar surface area (TPSA) is 67.1 Å². The summed E-state index contributed by atoms with van der Waals surface area (Å²) in [6.45, 7) is 8.91. The lowest BCUT2D eigenvalue weighted by molar-refractivity contribution is 0.475. The number of nitrogens with zero attached hydrogens (tertiary/aromatic N) is 3. The quantitative estimate of drug-likeness (QED) is 0.690. The largest absolute Gasteiger partial charge is 0.368 e. The summed E-state index contributed by atoms with van der Waals surface area (Å²) in [6, 6.07) is 15.0. The van der Waals surface area contributed by atoms with Crippen molar-refractivity contribution in [2.24, 2.45) is 0 Å². The maximum absolute atomic E-state index is 5.62. The Labute approximate surface area is 160 Å². The van der Waals surface area contributed by atoms with E-state index in [1.54, 1.807) is 12.4 Å². The highest BCUT2D eigenvalue weighted by Gasteiger charge is 2.37. The first kappa shape index (κ1) is 17.3.